The first-order valence-electron chi connectivity index (χ1n) is 5.14. The fourth-order valence-electron chi connectivity index (χ4n) is 1.13. The van der Waals surface area contributed by atoms with Crippen molar-refractivity contribution in [3.05, 3.63) is 38.9 Å². The summed E-state index contributed by atoms with van der Waals surface area (Å²) < 4.78 is 0. The van der Waals surface area contributed by atoms with Gasteiger partial charge in [-0.25, -0.2) is 0 Å². The number of aliphatic hydroxyl groups excluding tert-OH is 1. The van der Waals surface area contributed by atoms with Gasteiger partial charge in [-0.3, -0.25) is 10.1 Å². The van der Waals surface area contributed by atoms with Crippen molar-refractivity contribution in [2.45, 2.75) is 31.0 Å². The van der Waals surface area contributed by atoms with E-state index in [4.69, 9.17) is 11.6 Å². The number of halogens is 1. The second-order valence-electron chi connectivity index (χ2n) is 3.79. The van der Waals surface area contributed by atoms with Crippen LogP contribution in [0.1, 0.15) is 19.4 Å². The Kier molecular flexibility index (Phi) is 5.24. The Morgan fingerprint density at radius 3 is 2.65 bits per heavy atom. The topological polar surface area (TPSA) is 63.4 Å². The van der Waals surface area contributed by atoms with Crippen LogP contribution in [0.25, 0.3) is 0 Å². The molecule has 0 amide bonds. The summed E-state index contributed by atoms with van der Waals surface area (Å²) in [4.78, 5) is 10.1. The molecule has 2 atom stereocenters. The Morgan fingerprint density at radius 1 is 1.53 bits per heavy atom. The van der Waals surface area contributed by atoms with Gasteiger partial charge in [0.2, 0.25) is 0 Å². The van der Waals surface area contributed by atoms with Crippen LogP contribution >= 0.6 is 23.4 Å². The quantitative estimate of drug-likeness (QED) is 0.662. The van der Waals surface area contributed by atoms with Crippen molar-refractivity contribution in [3.8, 4) is 0 Å². The molecular formula is C11H14ClNO3S. The molecule has 1 N–H and O–H groups in total. The molecule has 0 aliphatic rings. The lowest BCUT2D eigenvalue weighted by molar-refractivity contribution is -0.384. The van der Waals surface area contributed by atoms with Crippen molar-refractivity contribution in [2.75, 3.05) is 0 Å². The maximum atomic E-state index is 10.5. The van der Waals surface area contributed by atoms with Gasteiger partial charge in [-0.2, -0.15) is 11.8 Å². The molecule has 1 rings (SSSR count). The maximum absolute atomic E-state index is 10.5. The number of nitro benzene ring substituents is 1. The number of non-ortho nitro benzene ring substituents is 1. The standard InChI is InChI=1S/C11H14ClNO3S/c1-7(14)8(2)17-6-9-3-4-10(13(15)16)5-11(9)12/h3-5,7-8,14H,6H2,1-2H3. The zero-order chi connectivity index (χ0) is 13.0. The van der Waals surface area contributed by atoms with Gasteiger partial charge in [0.1, 0.15) is 0 Å². The number of aliphatic hydroxyl groups is 1. The van der Waals surface area contributed by atoms with Crippen LogP contribution in [-0.4, -0.2) is 21.4 Å². The van der Waals surface area contributed by atoms with Gasteiger partial charge in [0.15, 0.2) is 0 Å². The SMILES string of the molecule is CC(O)C(C)SCc1ccc([N+](=O)[O-])cc1Cl. The summed E-state index contributed by atoms with van der Waals surface area (Å²) >= 11 is 7.52. The average molecular weight is 276 g/mol. The van der Waals surface area contributed by atoms with E-state index in [0.717, 1.165) is 5.56 Å². The first kappa shape index (κ1) is 14.3. The predicted octanol–water partition coefficient (Wildman–Crippen LogP) is 3.25. The Hall–Kier alpha value is -0.780. The number of benzene rings is 1. The van der Waals surface area contributed by atoms with Gasteiger partial charge in [-0.15, -0.1) is 0 Å². The lowest BCUT2D eigenvalue weighted by Crippen LogP contribution is -2.15. The van der Waals surface area contributed by atoms with Crippen molar-refractivity contribution in [1.29, 1.82) is 0 Å². The van der Waals surface area contributed by atoms with E-state index in [1.807, 2.05) is 6.92 Å². The van der Waals surface area contributed by atoms with Crippen LogP contribution in [0.3, 0.4) is 0 Å². The van der Waals surface area contributed by atoms with E-state index in [1.54, 1.807) is 24.8 Å². The first-order valence-corrected chi connectivity index (χ1v) is 6.57. The monoisotopic (exact) mass is 275 g/mol. The lowest BCUT2D eigenvalue weighted by atomic mass is 10.2. The van der Waals surface area contributed by atoms with Crippen molar-refractivity contribution in [2.24, 2.45) is 0 Å². The first-order chi connectivity index (χ1) is 7.91. The molecule has 0 spiro atoms. The fourth-order valence-corrected chi connectivity index (χ4v) is 2.42. The maximum Gasteiger partial charge on any atom is 0.270 e. The predicted molar refractivity (Wildman–Crippen MR) is 70.5 cm³/mol. The van der Waals surface area contributed by atoms with Crippen LogP contribution in [0, 0.1) is 10.1 Å². The minimum Gasteiger partial charge on any atom is -0.392 e. The Labute approximate surface area is 109 Å². The number of thioether (sulfide) groups is 1. The molecule has 0 bridgehead atoms. The normalized spacial score (nSPS) is 14.4. The second kappa shape index (κ2) is 6.23. The molecule has 0 radical (unpaired) electrons. The highest BCUT2D eigenvalue weighted by molar-refractivity contribution is 7.99. The molecule has 0 fully saturated rings. The molecule has 1 aromatic rings. The molecule has 0 aliphatic heterocycles. The van der Waals surface area contributed by atoms with Crippen molar-refractivity contribution in [1.82, 2.24) is 0 Å². The summed E-state index contributed by atoms with van der Waals surface area (Å²) in [6.07, 6.45) is -0.392. The molecule has 0 heterocycles. The number of nitro groups is 1. The number of hydrogen-bond donors (Lipinski definition) is 1. The fraction of sp³-hybridized carbons (Fsp3) is 0.455. The largest absolute Gasteiger partial charge is 0.392 e. The van der Waals surface area contributed by atoms with Gasteiger partial charge >= 0.3 is 0 Å². The Bertz CT molecular complexity index is 412. The molecule has 4 nitrogen and oxygen atoms in total. The molecule has 94 valence electrons. The van der Waals surface area contributed by atoms with E-state index in [9.17, 15) is 15.2 Å². The summed E-state index contributed by atoms with van der Waals surface area (Å²) in [5.74, 6) is 0.628. The number of nitrogens with zero attached hydrogens (tertiary/aromatic N) is 1. The number of rotatable bonds is 5. The van der Waals surface area contributed by atoms with Gasteiger partial charge in [-0.1, -0.05) is 18.5 Å². The molecule has 0 saturated carbocycles. The average Bonchev–Trinajstić information content (AvgIpc) is 2.26. The second-order valence-corrected chi connectivity index (χ2v) is 5.56. The van der Waals surface area contributed by atoms with Gasteiger partial charge in [0.25, 0.3) is 5.69 Å². The summed E-state index contributed by atoms with van der Waals surface area (Å²) in [5.41, 5.74) is 0.835. The smallest absolute Gasteiger partial charge is 0.270 e. The van der Waals surface area contributed by atoms with E-state index in [0.29, 0.717) is 10.8 Å². The van der Waals surface area contributed by atoms with Crippen LogP contribution in [0.5, 0.6) is 0 Å². The van der Waals surface area contributed by atoms with E-state index in [-0.39, 0.29) is 10.9 Å². The minimum absolute atomic E-state index is 0.00711. The van der Waals surface area contributed by atoms with Crippen LogP contribution < -0.4 is 0 Å². The molecular weight excluding hydrogens is 262 g/mol. The zero-order valence-electron chi connectivity index (χ0n) is 9.59. The molecule has 0 saturated heterocycles. The van der Waals surface area contributed by atoms with E-state index in [2.05, 4.69) is 0 Å². The third-order valence-electron chi connectivity index (χ3n) is 2.43. The summed E-state index contributed by atoms with van der Waals surface area (Å²) in [6.45, 7) is 3.66. The van der Waals surface area contributed by atoms with Crippen molar-refractivity contribution < 1.29 is 10.0 Å². The zero-order valence-corrected chi connectivity index (χ0v) is 11.2. The Balaban J connectivity index is 2.70. The van der Waals surface area contributed by atoms with Gasteiger partial charge in [0.05, 0.1) is 16.0 Å². The Morgan fingerprint density at radius 2 is 2.18 bits per heavy atom. The molecule has 1 aromatic carbocycles. The van der Waals surface area contributed by atoms with Crippen LogP contribution in [0.15, 0.2) is 18.2 Å². The molecule has 17 heavy (non-hydrogen) atoms. The van der Waals surface area contributed by atoms with Gasteiger partial charge in [0, 0.05) is 23.1 Å². The third-order valence-corrected chi connectivity index (χ3v) is 4.18. The van der Waals surface area contributed by atoms with Crippen molar-refractivity contribution >= 4 is 29.1 Å². The van der Waals surface area contributed by atoms with E-state index in [1.165, 1.54) is 12.1 Å². The van der Waals surface area contributed by atoms with Crippen molar-refractivity contribution in [3.63, 3.8) is 0 Å². The highest BCUT2D eigenvalue weighted by atomic mass is 35.5. The minimum atomic E-state index is -0.471. The molecule has 2 unspecified atom stereocenters. The summed E-state index contributed by atoms with van der Waals surface area (Å²) in [7, 11) is 0. The summed E-state index contributed by atoms with van der Waals surface area (Å²) in [5, 5.41) is 20.4. The summed E-state index contributed by atoms with van der Waals surface area (Å²) in [6, 6.07) is 4.45. The van der Waals surface area contributed by atoms with Crippen LogP contribution in [0.2, 0.25) is 5.02 Å². The highest BCUT2D eigenvalue weighted by Gasteiger charge is 2.12. The van der Waals surface area contributed by atoms with Gasteiger partial charge in [-0.05, 0) is 18.6 Å². The molecule has 0 aliphatic carbocycles. The van der Waals surface area contributed by atoms with Crippen LogP contribution in [0.4, 0.5) is 5.69 Å². The number of hydrogen-bond acceptors (Lipinski definition) is 4. The third kappa shape index (κ3) is 4.18. The van der Waals surface area contributed by atoms with Crippen LogP contribution in [-0.2, 0) is 5.75 Å². The lowest BCUT2D eigenvalue weighted by Gasteiger charge is -2.14. The van der Waals surface area contributed by atoms with Gasteiger partial charge < -0.3 is 5.11 Å². The van der Waals surface area contributed by atoms with E-state index < -0.39 is 11.0 Å². The molecule has 0 aromatic heterocycles. The molecule has 6 heteroatoms. The highest BCUT2D eigenvalue weighted by Crippen LogP contribution is 2.28. The van der Waals surface area contributed by atoms with E-state index >= 15 is 0 Å².